The molecule has 0 radical (unpaired) electrons. The molecule has 0 spiro atoms. The van der Waals surface area contributed by atoms with Crippen molar-refractivity contribution >= 4 is 27.5 Å². The van der Waals surface area contributed by atoms with Crippen LogP contribution in [-0.2, 0) is 0 Å². The van der Waals surface area contributed by atoms with Gasteiger partial charge in [-0.15, -0.1) is 0 Å². The molecular formula is C14H10BrClN2O. The smallest absolute Gasteiger partial charge is 0.221 e. The summed E-state index contributed by atoms with van der Waals surface area (Å²) < 4.78 is 6.70. The lowest BCUT2D eigenvalue weighted by Gasteiger charge is -2.09. The number of aryl methyl sites for hydroxylation is 2. The van der Waals surface area contributed by atoms with Crippen molar-refractivity contribution < 1.29 is 4.74 Å². The Kier molecular flexibility index (Phi) is 4.08. The van der Waals surface area contributed by atoms with E-state index >= 15 is 0 Å². The number of aromatic nitrogens is 1. The van der Waals surface area contributed by atoms with Crippen molar-refractivity contribution in [1.82, 2.24) is 4.98 Å². The summed E-state index contributed by atoms with van der Waals surface area (Å²) in [5.41, 5.74) is 2.55. The topological polar surface area (TPSA) is 45.9 Å². The molecule has 2 aromatic rings. The highest BCUT2D eigenvalue weighted by Gasteiger charge is 2.07. The zero-order chi connectivity index (χ0) is 14.0. The van der Waals surface area contributed by atoms with Crippen LogP contribution in [0, 0.1) is 25.2 Å². The van der Waals surface area contributed by atoms with Gasteiger partial charge in [-0.3, -0.25) is 0 Å². The number of rotatable bonds is 2. The monoisotopic (exact) mass is 336 g/mol. The molecule has 0 saturated heterocycles. The SMILES string of the molecule is Cc1cc(Oc2cc(C#N)cc(Cl)n2)cc(C)c1Br. The molecule has 96 valence electrons. The van der Waals surface area contributed by atoms with Gasteiger partial charge >= 0.3 is 0 Å². The van der Waals surface area contributed by atoms with Gasteiger partial charge in [-0.25, -0.2) is 4.98 Å². The summed E-state index contributed by atoms with van der Waals surface area (Å²) in [6.45, 7) is 3.96. The van der Waals surface area contributed by atoms with E-state index in [0.29, 0.717) is 17.2 Å². The van der Waals surface area contributed by atoms with Gasteiger partial charge in [0.05, 0.1) is 11.6 Å². The minimum absolute atomic E-state index is 0.236. The van der Waals surface area contributed by atoms with Crippen LogP contribution in [0.5, 0.6) is 11.6 Å². The Morgan fingerprint density at radius 1 is 1.21 bits per heavy atom. The molecule has 1 heterocycles. The molecule has 2 rings (SSSR count). The first kappa shape index (κ1) is 13.9. The van der Waals surface area contributed by atoms with Crippen LogP contribution in [0.15, 0.2) is 28.7 Å². The second-order valence-electron chi connectivity index (χ2n) is 4.10. The Morgan fingerprint density at radius 2 is 1.84 bits per heavy atom. The van der Waals surface area contributed by atoms with Gasteiger partial charge < -0.3 is 4.74 Å². The number of benzene rings is 1. The third-order valence-corrected chi connectivity index (χ3v) is 3.98. The largest absolute Gasteiger partial charge is 0.439 e. The predicted octanol–water partition coefficient (Wildman–Crippen LogP) is 4.78. The van der Waals surface area contributed by atoms with Crippen molar-refractivity contribution in [3.8, 4) is 17.7 Å². The summed E-state index contributed by atoms with van der Waals surface area (Å²) >= 11 is 9.33. The fourth-order valence-corrected chi connectivity index (χ4v) is 2.11. The summed E-state index contributed by atoms with van der Waals surface area (Å²) in [5.74, 6) is 0.974. The quantitative estimate of drug-likeness (QED) is 0.741. The molecule has 1 aromatic carbocycles. The first-order chi connectivity index (χ1) is 8.99. The highest BCUT2D eigenvalue weighted by atomic mass is 79.9. The summed E-state index contributed by atoms with van der Waals surface area (Å²) in [5, 5.41) is 9.11. The van der Waals surface area contributed by atoms with Gasteiger partial charge in [-0.05, 0) is 43.2 Å². The van der Waals surface area contributed by atoms with Crippen LogP contribution < -0.4 is 4.74 Å². The van der Waals surface area contributed by atoms with Gasteiger partial charge in [0, 0.05) is 10.5 Å². The third-order valence-electron chi connectivity index (χ3n) is 2.53. The third kappa shape index (κ3) is 3.25. The van der Waals surface area contributed by atoms with E-state index in [1.54, 1.807) is 6.07 Å². The molecule has 0 N–H and O–H groups in total. The van der Waals surface area contributed by atoms with E-state index in [1.807, 2.05) is 32.0 Å². The van der Waals surface area contributed by atoms with Gasteiger partial charge in [-0.1, -0.05) is 27.5 Å². The maximum absolute atomic E-state index is 8.88. The Hall–Kier alpha value is -1.57. The van der Waals surface area contributed by atoms with Crippen molar-refractivity contribution in [3.05, 3.63) is 50.6 Å². The zero-order valence-electron chi connectivity index (χ0n) is 10.4. The molecule has 0 amide bonds. The van der Waals surface area contributed by atoms with Crippen LogP contribution in [0.2, 0.25) is 5.15 Å². The van der Waals surface area contributed by atoms with Crippen molar-refractivity contribution in [3.63, 3.8) is 0 Å². The summed E-state index contributed by atoms with van der Waals surface area (Å²) in [6, 6.07) is 8.85. The first-order valence-corrected chi connectivity index (χ1v) is 6.69. The van der Waals surface area contributed by atoms with Crippen molar-refractivity contribution in [1.29, 1.82) is 5.26 Å². The fourth-order valence-electron chi connectivity index (χ4n) is 1.68. The van der Waals surface area contributed by atoms with Crippen LogP contribution in [0.25, 0.3) is 0 Å². The van der Waals surface area contributed by atoms with Gasteiger partial charge in [0.15, 0.2) is 0 Å². The first-order valence-electron chi connectivity index (χ1n) is 5.52. The molecule has 3 nitrogen and oxygen atoms in total. The van der Waals surface area contributed by atoms with Gasteiger partial charge in [0.2, 0.25) is 5.88 Å². The lowest BCUT2D eigenvalue weighted by molar-refractivity contribution is 0.462. The predicted molar refractivity (Wildman–Crippen MR) is 77.7 cm³/mol. The number of hydrogen-bond donors (Lipinski definition) is 0. The molecule has 0 fully saturated rings. The Balaban J connectivity index is 2.36. The highest BCUT2D eigenvalue weighted by molar-refractivity contribution is 9.10. The normalized spacial score (nSPS) is 10.1. The molecule has 0 saturated carbocycles. The molecule has 0 unspecified atom stereocenters. The average molecular weight is 338 g/mol. The van der Waals surface area contributed by atoms with Crippen molar-refractivity contribution in [2.75, 3.05) is 0 Å². The van der Waals surface area contributed by atoms with E-state index in [9.17, 15) is 0 Å². The lowest BCUT2D eigenvalue weighted by Crippen LogP contribution is -1.92. The molecular weight excluding hydrogens is 328 g/mol. The Morgan fingerprint density at radius 3 is 2.42 bits per heavy atom. The maximum atomic E-state index is 8.88. The summed E-state index contributed by atoms with van der Waals surface area (Å²) in [7, 11) is 0. The summed E-state index contributed by atoms with van der Waals surface area (Å²) in [4.78, 5) is 4.04. The molecule has 19 heavy (non-hydrogen) atoms. The van der Waals surface area contributed by atoms with Gasteiger partial charge in [0.1, 0.15) is 10.9 Å². The van der Waals surface area contributed by atoms with E-state index < -0.39 is 0 Å². The molecule has 1 aromatic heterocycles. The molecule has 0 atom stereocenters. The van der Waals surface area contributed by atoms with Crippen LogP contribution in [0.3, 0.4) is 0 Å². The maximum Gasteiger partial charge on any atom is 0.221 e. The van der Waals surface area contributed by atoms with E-state index in [4.69, 9.17) is 21.6 Å². The highest BCUT2D eigenvalue weighted by Crippen LogP contribution is 2.29. The molecule has 0 aliphatic heterocycles. The van der Waals surface area contributed by atoms with Crippen LogP contribution >= 0.6 is 27.5 Å². The van der Waals surface area contributed by atoms with E-state index in [2.05, 4.69) is 20.9 Å². The summed E-state index contributed by atoms with van der Waals surface area (Å²) in [6.07, 6.45) is 0. The van der Waals surface area contributed by atoms with E-state index in [0.717, 1.165) is 15.6 Å². The van der Waals surface area contributed by atoms with Crippen LogP contribution in [-0.4, -0.2) is 4.98 Å². The second-order valence-corrected chi connectivity index (χ2v) is 5.28. The lowest BCUT2D eigenvalue weighted by atomic mass is 10.1. The van der Waals surface area contributed by atoms with Gasteiger partial charge in [-0.2, -0.15) is 5.26 Å². The molecule has 5 heteroatoms. The van der Waals surface area contributed by atoms with Crippen LogP contribution in [0.1, 0.15) is 16.7 Å². The average Bonchev–Trinajstić information content (AvgIpc) is 2.35. The van der Waals surface area contributed by atoms with E-state index in [1.165, 1.54) is 6.07 Å². The van der Waals surface area contributed by atoms with E-state index in [-0.39, 0.29) is 5.15 Å². The minimum atomic E-state index is 0.236. The molecule has 0 aliphatic carbocycles. The zero-order valence-corrected chi connectivity index (χ0v) is 12.7. The number of nitrogens with zero attached hydrogens (tertiary/aromatic N) is 2. The standard InChI is InChI=1S/C14H10BrClN2O/c1-8-3-11(4-9(2)14(8)15)19-13-6-10(7-17)5-12(16)18-13/h3-6H,1-2H3. The number of hydrogen-bond acceptors (Lipinski definition) is 3. The number of pyridine rings is 1. The second kappa shape index (κ2) is 5.60. The van der Waals surface area contributed by atoms with Gasteiger partial charge in [0.25, 0.3) is 0 Å². The number of halogens is 2. The Bertz CT molecular complexity index is 657. The van der Waals surface area contributed by atoms with Crippen molar-refractivity contribution in [2.24, 2.45) is 0 Å². The number of nitriles is 1. The minimum Gasteiger partial charge on any atom is -0.439 e. The Labute approximate surface area is 124 Å². The molecule has 0 aliphatic rings. The molecule has 0 bridgehead atoms. The fraction of sp³-hybridized carbons (Fsp3) is 0.143. The van der Waals surface area contributed by atoms with Crippen LogP contribution in [0.4, 0.5) is 0 Å². The van der Waals surface area contributed by atoms with Crippen molar-refractivity contribution in [2.45, 2.75) is 13.8 Å². The number of ether oxygens (including phenoxy) is 1.